The molecule has 114 valence electrons. The molecule has 0 heterocycles. The van der Waals surface area contributed by atoms with Crippen molar-refractivity contribution in [1.82, 2.24) is 5.32 Å². The fraction of sp³-hybridized carbons (Fsp3) is 0.533. The van der Waals surface area contributed by atoms with Crippen molar-refractivity contribution >= 4 is 5.91 Å². The molecule has 0 aromatic heterocycles. The van der Waals surface area contributed by atoms with Gasteiger partial charge < -0.3 is 5.32 Å². The summed E-state index contributed by atoms with van der Waals surface area (Å²) in [6.45, 7) is 0. The van der Waals surface area contributed by atoms with E-state index in [4.69, 9.17) is 0 Å². The van der Waals surface area contributed by atoms with Crippen LogP contribution in [0.5, 0.6) is 0 Å². The molecule has 2 fully saturated rings. The van der Waals surface area contributed by atoms with Crippen LogP contribution in [0.1, 0.15) is 41.6 Å². The van der Waals surface area contributed by atoms with Crippen molar-refractivity contribution in [3.8, 4) is 0 Å². The summed E-state index contributed by atoms with van der Waals surface area (Å²) in [5, 5.41) is 2.73. The van der Waals surface area contributed by atoms with E-state index in [0.29, 0.717) is 30.0 Å². The van der Waals surface area contributed by atoms with Gasteiger partial charge in [0.25, 0.3) is 5.91 Å². The number of carbonyl (C=O) groups excluding carboxylic acids is 1. The van der Waals surface area contributed by atoms with Crippen LogP contribution in [-0.2, 0) is 6.18 Å². The zero-order valence-electron chi connectivity index (χ0n) is 11.2. The number of amides is 1. The molecule has 6 heteroatoms. The van der Waals surface area contributed by atoms with Crippen molar-refractivity contribution in [1.29, 1.82) is 0 Å². The van der Waals surface area contributed by atoms with Gasteiger partial charge in [0.1, 0.15) is 5.82 Å². The van der Waals surface area contributed by atoms with Gasteiger partial charge in [-0.25, -0.2) is 4.39 Å². The Morgan fingerprint density at radius 2 is 1.71 bits per heavy atom. The fourth-order valence-electron chi connectivity index (χ4n) is 2.64. The Balaban J connectivity index is 1.80. The Morgan fingerprint density at radius 3 is 2.19 bits per heavy atom. The van der Waals surface area contributed by atoms with Crippen LogP contribution in [0.2, 0.25) is 0 Å². The molecule has 0 unspecified atom stereocenters. The molecule has 2 aliphatic carbocycles. The first kappa shape index (κ1) is 14.4. The summed E-state index contributed by atoms with van der Waals surface area (Å²) in [6.07, 6.45) is -0.507. The highest BCUT2D eigenvalue weighted by molar-refractivity contribution is 5.95. The molecule has 1 amide bonds. The van der Waals surface area contributed by atoms with E-state index >= 15 is 0 Å². The number of hydrogen-bond acceptors (Lipinski definition) is 1. The number of halogens is 4. The van der Waals surface area contributed by atoms with E-state index in [2.05, 4.69) is 5.32 Å². The van der Waals surface area contributed by atoms with E-state index in [1.807, 2.05) is 0 Å². The zero-order valence-corrected chi connectivity index (χ0v) is 11.2. The van der Waals surface area contributed by atoms with Crippen LogP contribution in [0.15, 0.2) is 18.2 Å². The van der Waals surface area contributed by atoms with Crippen LogP contribution >= 0.6 is 0 Å². The Hall–Kier alpha value is -1.59. The monoisotopic (exact) mass is 301 g/mol. The molecule has 0 bridgehead atoms. The maximum absolute atomic E-state index is 13.7. The van der Waals surface area contributed by atoms with Crippen LogP contribution in [0, 0.1) is 17.7 Å². The van der Waals surface area contributed by atoms with E-state index in [1.54, 1.807) is 0 Å². The zero-order chi connectivity index (χ0) is 15.2. The lowest BCUT2D eigenvalue weighted by atomic mass is 10.1. The highest BCUT2D eigenvalue weighted by Crippen LogP contribution is 2.44. The fourth-order valence-corrected chi connectivity index (χ4v) is 2.64. The average Bonchev–Trinajstić information content (AvgIpc) is 3.27. The van der Waals surface area contributed by atoms with Crippen LogP contribution in [0.3, 0.4) is 0 Å². The van der Waals surface area contributed by atoms with Gasteiger partial charge in [-0.2, -0.15) is 13.2 Å². The summed E-state index contributed by atoms with van der Waals surface area (Å²) < 4.78 is 51.6. The van der Waals surface area contributed by atoms with Gasteiger partial charge in [-0.05, 0) is 55.7 Å². The molecule has 0 aliphatic heterocycles. The molecule has 0 spiro atoms. The summed E-state index contributed by atoms with van der Waals surface area (Å²) >= 11 is 0. The van der Waals surface area contributed by atoms with Gasteiger partial charge in [0, 0.05) is 6.04 Å². The highest BCUT2D eigenvalue weighted by atomic mass is 19.4. The Bertz CT molecular complexity index is 549. The predicted molar refractivity (Wildman–Crippen MR) is 68.1 cm³/mol. The third-order valence-electron chi connectivity index (χ3n) is 4.10. The standard InChI is InChI=1S/C15H15F4NO/c16-12-6-5-10(15(17,18)19)7-11(12)14(21)20-13(8-1-2-8)9-3-4-9/h5-9,13H,1-4H2,(H,20,21). The Kier molecular flexibility index (Phi) is 3.42. The molecule has 0 radical (unpaired) electrons. The summed E-state index contributed by atoms with van der Waals surface area (Å²) in [4.78, 5) is 12.1. The normalized spacial score (nSPS) is 18.9. The van der Waals surface area contributed by atoms with Crippen LogP contribution in [-0.4, -0.2) is 11.9 Å². The molecule has 1 aromatic rings. The SMILES string of the molecule is O=C(NC(C1CC1)C1CC1)c1cc(C(F)(F)F)ccc1F. The lowest BCUT2D eigenvalue weighted by Crippen LogP contribution is -2.38. The molecule has 3 rings (SSSR count). The third-order valence-corrected chi connectivity index (χ3v) is 4.10. The molecule has 2 saturated carbocycles. The smallest absolute Gasteiger partial charge is 0.349 e. The minimum atomic E-state index is -4.59. The van der Waals surface area contributed by atoms with Crippen LogP contribution in [0.25, 0.3) is 0 Å². The topological polar surface area (TPSA) is 29.1 Å². The van der Waals surface area contributed by atoms with Gasteiger partial charge in [0.05, 0.1) is 11.1 Å². The summed E-state index contributed by atoms with van der Waals surface area (Å²) in [7, 11) is 0. The number of hydrogen-bond donors (Lipinski definition) is 1. The third kappa shape index (κ3) is 3.19. The van der Waals surface area contributed by atoms with E-state index in [0.717, 1.165) is 25.7 Å². The summed E-state index contributed by atoms with van der Waals surface area (Å²) in [6, 6.07) is 1.90. The molecule has 2 aliphatic rings. The Labute approximate surface area is 119 Å². The van der Waals surface area contributed by atoms with E-state index in [-0.39, 0.29) is 6.04 Å². The molecule has 1 N–H and O–H groups in total. The van der Waals surface area contributed by atoms with E-state index in [1.165, 1.54) is 0 Å². The van der Waals surface area contributed by atoms with Gasteiger partial charge in [-0.15, -0.1) is 0 Å². The largest absolute Gasteiger partial charge is 0.416 e. The van der Waals surface area contributed by atoms with Gasteiger partial charge in [0.15, 0.2) is 0 Å². The van der Waals surface area contributed by atoms with Gasteiger partial charge >= 0.3 is 6.18 Å². The quantitative estimate of drug-likeness (QED) is 0.843. The number of rotatable bonds is 4. The molecule has 0 atom stereocenters. The minimum Gasteiger partial charge on any atom is -0.349 e. The lowest BCUT2D eigenvalue weighted by molar-refractivity contribution is -0.137. The van der Waals surface area contributed by atoms with Crippen LogP contribution < -0.4 is 5.32 Å². The highest BCUT2D eigenvalue weighted by Gasteiger charge is 2.42. The number of benzene rings is 1. The first-order valence-electron chi connectivity index (χ1n) is 7.04. The number of carbonyl (C=O) groups is 1. The van der Waals surface area contributed by atoms with E-state index < -0.39 is 29.0 Å². The van der Waals surface area contributed by atoms with Crippen molar-refractivity contribution in [3.63, 3.8) is 0 Å². The molecule has 1 aromatic carbocycles. The minimum absolute atomic E-state index is 0.0218. The number of alkyl halides is 3. The number of nitrogens with one attached hydrogen (secondary N) is 1. The van der Waals surface area contributed by atoms with Crippen molar-refractivity contribution in [2.24, 2.45) is 11.8 Å². The molecular weight excluding hydrogens is 286 g/mol. The maximum Gasteiger partial charge on any atom is 0.416 e. The lowest BCUT2D eigenvalue weighted by Gasteiger charge is -2.18. The molecule has 0 saturated heterocycles. The van der Waals surface area contributed by atoms with Gasteiger partial charge in [0.2, 0.25) is 0 Å². The second-order valence-electron chi connectivity index (χ2n) is 5.87. The molecular formula is C15H15F4NO. The maximum atomic E-state index is 13.7. The predicted octanol–water partition coefficient (Wildman–Crippen LogP) is 3.76. The Morgan fingerprint density at radius 1 is 1.14 bits per heavy atom. The summed E-state index contributed by atoms with van der Waals surface area (Å²) in [5.74, 6) is -0.876. The van der Waals surface area contributed by atoms with Crippen molar-refractivity contribution < 1.29 is 22.4 Å². The second kappa shape index (κ2) is 5.00. The van der Waals surface area contributed by atoms with Crippen molar-refractivity contribution in [2.45, 2.75) is 37.9 Å². The van der Waals surface area contributed by atoms with Gasteiger partial charge in [-0.3, -0.25) is 4.79 Å². The van der Waals surface area contributed by atoms with Crippen molar-refractivity contribution in [2.75, 3.05) is 0 Å². The van der Waals surface area contributed by atoms with Gasteiger partial charge in [-0.1, -0.05) is 0 Å². The van der Waals surface area contributed by atoms with Crippen LogP contribution in [0.4, 0.5) is 17.6 Å². The average molecular weight is 301 g/mol. The first-order chi connectivity index (χ1) is 9.86. The first-order valence-corrected chi connectivity index (χ1v) is 7.04. The van der Waals surface area contributed by atoms with E-state index in [9.17, 15) is 22.4 Å². The van der Waals surface area contributed by atoms with Crippen molar-refractivity contribution in [3.05, 3.63) is 35.1 Å². The molecule has 21 heavy (non-hydrogen) atoms. The molecule has 2 nitrogen and oxygen atoms in total. The summed E-state index contributed by atoms with van der Waals surface area (Å²) in [5.41, 5.74) is -1.54. The second-order valence-corrected chi connectivity index (χ2v) is 5.87.